The Morgan fingerprint density at radius 1 is 1.12 bits per heavy atom. The van der Waals surface area contributed by atoms with Crippen LogP contribution in [0.4, 0.5) is 0 Å². The predicted molar refractivity (Wildman–Crippen MR) is 194 cm³/mol. The quantitative estimate of drug-likeness (QED) is 0.0892. The van der Waals surface area contributed by atoms with E-state index in [0.29, 0.717) is 38.8 Å². The zero-order valence-electron chi connectivity index (χ0n) is 29.4. The molecule has 1 unspecified atom stereocenters. The zero-order chi connectivity index (χ0) is 35.8. The molecule has 274 valence electrons. The number of allylic oxidation sites excluding steroid dienone is 1. The molecule has 8 atom stereocenters. The Labute approximate surface area is 305 Å². The summed E-state index contributed by atoms with van der Waals surface area (Å²) < 4.78 is 13.1. The van der Waals surface area contributed by atoms with E-state index in [1.54, 1.807) is 24.0 Å². The number of nitrogens with zero attached hydrogens (tertiary/aromatic N) is 2. The van der Waals surface area contributed by atoms with Gasteiger partial charge in [-0.15, -0.1) is 13.2 Å². The topological polar surface area (TPSA) is 125 Å². The molecule has 0 aromatic heterocycles. The highest BCUT2D eigenvalue weighted by molar-refractivity contribution is 9.09. The van der Waals surface area contributed by atoms with Gasteiger partial charge in [0.1, 0.15) is 17.7 Å². The van der Waals surface area contributed by atoms with Crippen LogP contribution in [0.5, 0.6) is 0 Å². The molecule has 3 heterocycles. The molecule has 1 spiro atoms. The van der Waals surface area contributed by atoms with Crippen molar-refractivity contribution in [3.8, 4) is 0 Å². The van der Waals surface area contributed by atoms with Crippen molar-refractivity contribution in [3.05, 3.63) is 61.2 Å². The summed E-state index contributed by atoms with van der Waals surface area (Å²) in [5, 5.41) is 12.3. The van der Waals surface area contributed by atoms with Crippen LogP contribution in [-0.2, 0) is 28.7 Å². The Bertz CT molecular complexity index is 1370. The van der Waals surface area contributed by atoms with E-state index in [2.05, 4.69) is 34.4 Å². The van der Waals surface area contributed by atoms with Crippen LogP contribution in [0.15, 0.2) is 55.6 Å². The van der Waals surface area contributed by atoms with Crippen LogP contribution in [0.3, 0.4) is 0 Å². The number of alkyl halides is 1. The number of hydrogen-bond donors (Lipinski definition) is 2. The van der Waals surface area contributed by atoms with Gasteiger partial charge in [-0.3, -0.25) is 19.2 Å². The van der Waals surface area contributed by atoms with Gasteiger partial charge in [0.05, 0.1) is 24.0 Å². The van der Waals surface area contributed by atoms with Crippen LogP contribution in [0.1, 0.15) is 95.6 Å². The summed E-state index contributed by atoms with van der Waals surface area (Å²) in [6.45, 7) is 10.3. The van der Waals surface area contributed by atoms with Gasteiger partial charge in [0, 0.05) is 37.0 Å². The van der Waals surface area contributed by atoms with E-state index in [9.17, 15) is 24.3 Å². The van der Waals surface area contributed by atoms with Gasteiger partial charge in [0.15, 0.2) is 0 Å². The van der Waals surface area contributed by atoms with Crippen LogP contribution in [0, 0.1) is 11.8 Å². The van der Waals surface area contributed by atoms with E-state index in [-0.39, 0.29) is 41.6 Å². The molecule has 2 N–H and O–H groups in total. The van der Waals surface area contributed by atoms with E-state index in [1.807, 2.05) is 35.2 Å². The average molecular weight is 757 g/mol. The second kappa shape index (κ2) is 17.5. The maximum absolute atomic E-state index is 14.9. The van der Waals surface area contributed by atoms with E-state index in [1.165, 1.54) is 0 Å². The Hall–Kier alpha value is -3.02. The maximum atomic E-state index is 14.9. The van der Waals surface area contributed by atoms with Crippen molar-refractivity contribution in [2.75, 3.05) is 19.7 Å². The first-order valence-electron chi connectivity index (χ1n) is 18.5. The highest BCUT2D eigenvalue weighted by Gasteiger charge is 2.77. The number of benzene rings is 1. The Morgan fingerprint density at radius 2 is 1.84 bits per heavy atom. The predicted octanol–water partition coefficient (Wildman–Crippen LogP) is 5.39. The van der Waals surface area contributed by atoms with E-state index in [4.69, 9.17) is 9.47 Å². The lowest BCUT2D eigenvalue weighted by atomic mass is 9.70. The number of halogens is 1. The lowest BCUT2D eigenvalue weighted by molar-refractivity contribution is -0.162. The van der Waals surface area contributed by atoms with Gasteiger partial charge in [-0.2, -0.15) is 0 Å². The molecule has 1 saturated carbocycles. The molecule has 4 aliphatic rings. The normalized spacial score (nSPS) is 28.5. The second-order valence-corrected chi connectivity index (χ2v) is 15.5. The molecule has 3 aliphatic heterocycles. The molecule has 0 radical (unpaired) electrons. The first-order valence-corrected chi connectivity index (χ1v) is 19.4. The van der Waals surface area contributed by atoms with Gasteiger partial charge in [-0.05, 0) is 51.0 Å². The summed E-state index contributed by atoms with van der Waals surface area (Å²) in [4.78, 5) is 60.0. The number of hydrogen-bond acceptors (Lipinski definition) is 7. The number of amides is 3. The minimum atomic E-state index is -1.19. The Morgan fingerprint density at radius 3 is 2.52 bits per heavy atom. The smallest absolute Gasteiger partial charge is 0.313 e. The first kappa shape index (κ1) is 38.2. The number of rotatable bonds is 18. The summed E-state index contributed by atoms with van der Waals surface area (Å²) in [5.74, 6) is -2.97. The number of fused-ring (bicyclic) bond motifs is 1. The van der Waals surface area contributed by atoms with Crippen molar-refractivity contribution < 1.29 is 33.8 Å². The van der Waals surface area contributed by atoms with Gasteiger partial charge in [0.25, 0.3) is 0 Å². The molecule has 11 heteroatoms. The fourth-order valence-corrected chi connectivity index (χ4v) is 9.66. The molecule has 5 rings (SSSR count). The molecule has 1 aromatic rings. The standard InChI is InChI=1S/C39H54BrN3O7/c1-4-6-21-30(45)41-26(3)33(27-17-11-9-12-18-27)49-38(48)31-32-36(46)43(23-15-7-8-16-24-44)35(39(32)25-29(40)34(31)50-39)37(47)42(22-5-2)28-19-13-10-14-20-28/h4-5,9,11-12,17-18,26,28-29,31-35,44H,1-2,6-8,10,13-16,19-25H2,3H3,(H,41,45)/t26-,29?,31-,32+,33-,34-,35-,39+/m1/s1. The number of likely N-dealkylation sites (tertiary alicyclic amines) is 1. The van der Waals surface area contributed by atoms with Crippen LogP contribution < -0.4 is 5.32 Å². The molecule has 1 aliphatic carbocycles. The third kappa shape index (κ3) is 7.89. The molecule has 3 amide bonds. The Kier molecular flexibility index (Phi) is 13.4. The summed E-state index contributed by atoms with van der Waals surface area (Å²) in [6.07, 6.45) is 11.2. The van der Waals surface area contributed by atoms with Gasteiger partial charge in [-0.25, -0.2) is 0 Å². The van der Waals surface area contributed by atoms with Crippen molar-refractivity contribution in [2.45, 2.75) is 125 Å². The largest absolute Gasteiger partial charge is 0.455 e. The van der Waals surface area contributed by atoms with Crippen molar-refractivity contribution in [1.82, 2.24) is 15.1 Å². The fraction of sp³-hybridized carbons (Fsp3) is 0.641. The lowest BCUT2D eigenvalue weighted by Gasteiger charge is -2.41. The lowest BCUT2D eigenvalue weighted by Crippen LogP contribution is -2.58. The molecule has 3 saturated heterocycles. The Balaban J connectivity index is 1.46. The molecule has 4 fully saturated rings. The fourth-order valence-electron chi connectivity index (χ4n) is 8.71. The number of aliphatic hydroxyl groups is 1. The highest BCUT2D eigenvalue weighted by atomic mass is 79.9. The number of carbonyl (C=O) groups excluding carboxylic acids is 4. The van der Waals surface area contributed by atoms with Crippen LogP contribution in [-0.4, -0.2) is 93.0 Å². The summed E-state index contributed by atoms with van der Waals surface area (Å²) in [6, 6.07) is 7.89. The summed E-state index contributed by atoms with van der Waals surface area (Å²) >= 11 is 3.78. The molecule has 2 bridgehead atoms. The third-order valence-electron chi connectivity index (χ3n) is 11.0. The van der Waals surface area contributed by atoms with Crippen LogP contribution in [0.2, 0.25) is 0 Å². The molecular weight excluding hydrogens is 702 g/mol. The molecule has 10 nitrogen and oxygen atoms in total. The number of ether oxygens (including phenoxy) is 2. The monoisotopic (exact) mass is 755 g/mol. The maximum Gasteiger partial charge on any atom is 0.313 e. The van der Waals surface area contributed by atoms with Crippen molar-refractivity contribution in [1.29, 1.82) is 0 Å². The second-order valence-electron chi connectivity index (χ2n) is 14.4. The van der Waals surface area contributed by atoms with Gasteiger partial charge >= 0.3 is 5.97 Å². The summed E-state index contributed by atoms with van der Waals surface area (Å²) in [7, 11) is 0. The van der Waals surface area contributed by atoms with Crippen molar-refractivity contribution in [2.24, 2.45) is 11.8 Å². The number of nitrogens with one attached hydrogen (secondary N) is 1. The minimum absolute atomic E-state index is 0.0557. The molecule has 50 heavy (non-hydrogen) atoms. The zero-order valence-corrected chi connectivity index (χ0v) is 30.9. The number of esters is 1. The SMILES string of the molecule is C=CCCC(=O)N[C@H](C)[C@@H](OC(=O)[C@H]1[C@@H]2O[C@@]3(CC2Br)[C@@H]1C(=O)N(CCCCCCO)[C@@H]3C(=O)N(CC=C)C1CCCCC1)c1ccccc1. The minimum Gasteiger partial charge on any atom is -0.455 e. The van der Waals surface area contributed by atoms with Gasteiger partial charge < -0.3 is 29.7 Å². The summed E-state index contributed by atoms with van der Waals surface area (Å²) in [5.41, 5.74) is -0.475. The number of aliphatic hydroxyl groups excluding tert-OH is 1. The highest BCUT2D eigenvalue weighted by Crippen LogP contribution is 2.60. The third-order valence-corrected chi connectivity index (χ3v) is 11.9. The first-order chi connectivity index (χ1) is 24.2. The number of carbonyl (C=O) groups is 4. The van der Waals surface area contributed by atoms with E-state index in [0.717, 1.165) is 50.5 Å². The van der Waals surface area contributed by atoms with Crippen molar-refractivity contribution >= 4 is 39.6 Å². The van der Waals surface area contributed by atoms with E-state index < -0.39 is 47.7 Å². The molecular formula is C39H54BrN3O7. The van der Waals surface area contributed by atoms with Gasteiger partial charge in [-0.1, -0.05) is 90.5 Å². The van der Waals surface area contributed by atoms with Crippen molar-refractivity contribution in [3.63, 3.8) is 0 Å². The number of unbranched alkanes of at least 4 members (excludes halogenated alkanes) is 3. The van der Waals surface area contributed by atoms with E-state index >= 15 is 0 Å². The van der Waals surface area contributed by atoms with Crippen LogP contribution >= 0.6 is 15.9 Å². The van der Waals surface area contributed by atoms with Gasteiger partial charge in [0.2, 0.25) is 17.7 Å². The average Bonchev–Trinajstić information content (AvgIpc) is 3.71. The van der Waals surface area contributed by atoms with Crippen LogP contribution in [0.25, 0.3) is 0 Å². The molecule has 1 aromatic carbocycles.